The molecule has 0 aromatic heterocycles. The third-order valence-corrected chi connectivity index (χ3v) is 0.665. The van der Waals surface area contributed by atoms with E-state index in [-0.39, 0.29) is 0 Å². The summed E-state index contributed by atoms with van der Waals surface area (Å²) in [7, 11) is 3.94. The van der Waals surface area contributed by atoms with Crippen LogP contribution in [-0.2, 0) is 0 Å². The van der Waals surface area contributed by atoms with Crippen LogP contribution in [0.2, 0.25) is 0 Å². The zero-order valence-electron chi connectivity index (χ0n) is 5.89. The first-order chi connectivity index (χ1) is 3.77. The van der Waals surface area contributed by atoms with Gasteiger partial charge < -0.3 is 4.90 Å². The molecule has 0 unspecified atom stereocenters. The fourth-order valence-electron chi connectivity index (χ4n) is 0.350. The van der Waals surface area contributed by atoms with Crippen molar-refractivity contribution in [2.45, 2.75) is 13.3 Å². The van der Waals surface area contributed by atoms with E-state index in [2.05, 4.69) is 11.9 Å². The van der Waals surface area contributed by atoms with E-state index in [0.29, 0.717) is 0 Å². The van der Waals surface area contributed by atoms with Crippen LogP contribution in [0.4, 0.5) is 0 Å². The zero-order valence-corrected chi connectivity index (χ0v) is 5.89. The Balaban J connectivity index is 3.07. The van der Waals surface area contributed by atoms with Crippen LogP contribution >= 0.6 is 0 Å². The van der Waals surface area contributed by atoms with Crippen LogP contribution in [-0.4, -0.2) is 31.9 Å². The van der Waals surface area contributed by atoms with Gasteiger partial charge in [0.2, 0.25) is 0 Å². The van der Waals surface area contributed by atoms with Crippen molar-refractivity contribution in [3.05, 3.63) is 0 Å². The highest BCUT2D eigenvalue weighted by molar-refractivity contribution is 5.53. The number of hydrogen-bond acceptors (Lipinski definition) is 1. The molecule has 0 aliphatic carbocycles. The van der Waals surface area contributed by atoms with Crippen molar-refractivity contribution in [1.82, 2.24) is 4.90 Å². The quantitative estimate of drug-likeness (QED) is 0.394. The van der Waals surface area contributed by atoms with E-state index in [4.69, 9.17) is 0 Å². The number of nitrogens with zero attached hydrogens (tertiary/aromatic N) is 2. The molecule has 2 nitrogen and oxygen atoms in total. The van der Waals surface area contributed by atoms with Gasteiger partial charge in [-0.2, -0.15) is 0 Å². The Hall–Kier alpha value is -0.530. The molecule has 0 fully saturated rings. The summed E-state index contributed by atoms with van der Waals surface area (Å²) >= 11 is 0. The van der Waals surface area contributed by atoms with E-state index in [9.17, 15) is 0 Å². The van der Waals surface area contributed by atoms with Gasteiger partial charge in [0.05, 0.1) is 6.34 Å². The third-order valence-electron chi connectivity index (χ3n) is 0.665. The van der Waals surface area contributed by atoms with Gasteiger partial charge >= 0.3 is 0 Å². The van der Waals surface area contributed by atoms with Crippen LogP contribution < -0.4 is 0 Å². The second kappa shape index (κ2) is 4.62. The van der Waals surface area contributed by atoms with Gasteiger partial charge in [-0.15, -0.1) is 0 Å². The molecule has 0 heterocycles. The Morgan fingerprint density at radius 1 is 1.50 bits per heavy atom. The summed E-state index contributed by atoms with van der Waals surface area (Å²) in [6, 6.07) is 0. The standard InChI is InChI=1S/C6H14N2/c1-4-5-7-6-8(2)3/h6H,4-5H2,1-3H3. The Labute approximate surface area is 51.2 Å². The van der Waals surface area contributed by atoms with E-state index >= 15 is 0 Å². The Bertz CT molecular complexity index is 66.9. The molecular formula is C6H14N2. The number of rotatable bonds is 3. The first-order valence-electron chi connectivity index (χ1n) is 2.93. The molecule has 0 radical (unpaired) electrons. The SMILES string of the molecule is CCCN=CN(C)C. The van der Waals surface area contributed by atoms with E-state index < -0.39 is 0 Å². The Morgan fingerprint density at radius 2 is 2.12 bits per heavy atom. The highest BCUT2D eigenvalue weighted by Gasteiger charge is 1.74. The average Bonchev–Trinajstić information content (AvgIpc) is 1.66. The van der Waals surface area contributed by atoms with Gasteiger partial charge in [0.1, 0.15) is 0 Å². The van der Waals surface area contributed by atoms with Gasteiger partial charge in [0.25, 0.3) is 0 Å². The molecule has 0 aliphatic heterocycles. The van der Waals surface area contributed by atoms with Gasteiger partial charge in [0.15, 0.2) is 0 Å². The summed E-state index contributed by atoms with van der Waals surface area (Å²) in [5.41, 5.74) is 0. The molecule has 0 bridgehead atoms. The Kier molecular flexibility index (Phi) is 4.32. The van der Waals surface area contributed by atoms with Gasteiger partial charge in [-0.25, -0.2) is 0 Å². The molecule has 0 aliphatic rings. The molecule has 0 saturated carbocycles. The smallest absolute Gasteiger partial charge is 0.0844 e. The van der Waals surface area contributed by atoms with Crippen molar-refractivity contribution < 1.29 is 0 Å². The average molecular weight is 114 g/mol. The van der Waals surface area contributed by atoms with E-state index in [1.54, 1.807) is 0 Å². The monoisotopic (exact) mass is 114 g/mol. The number of aliphatic imine (C=N–C) groups is 1. The predicted molar refractivity (Wildman–Crippen MR) is 37.3 cm³/mol. The second-order valence-electron chi connectivity index (χ2n) is 1.99. The van der Waals surface area contributed by atoms with Gasteiger partial charge in [-0.05, 0) is 6.42 Å². The highest BCUT2D eigenvalue weighted by Crippen LogP contribution is 1.75. The summed E-state index contributed by atoms with van der Waals surface area (Å²) in [5, 5.41) is 0. The van der Waals surface area contributed by atoms with Crippen LogP contribution in [0.1, 0.15) is 13.3 Å². The Morgan fingerprint density at radius 3 is 2.50 bits per heavy atom. The fraction of sp³-hybridized carbons (Fsp3) is 0.833. The summed E-state index contributed by atoms with van der Waals surface area (Å²) in [4.78, 5) is 6.03. The number of hydrogen-bond donors (Lipinski definition) is 0. The molecule has 0 spiro atoms. The molecule has 0 rings (SSSR count). The molecule has 0 atom stereocenters. The first-order valence-corrected chi connectivity index (χ1v) is 2.93. The van der Waals surface area contributed by atoms with Crippen molar-refractivity contribution in [3.8, 4) is 0 Å². The van der Waals surface area contributed by atoms with Crippen LogP contribution in [0.3, 0.4) is 0 Å². The van der Waals surface area contributed by atoms with Crippen LogP contribution in [0, 0.1) is 0 Å². The lowest BCUT2D eigenvalue weighted by atomic mass is 10.5. The molecule has 2 heteroatoms. The molecule has 0 aromatic rings. The molecular weight excluding hydrogens is 100 g/mol. The summed E-state index contributed by atoms with van der Waals surface area (Å²) in [5.74, 6) is 0. The highest BCUT2D eigenvalue weighted by atomic mass is 15.1. The summed E-state index contributed by atoms with van der Waals surface area (Å²) in [6.07, 6.45) is 2.97. The lowest BCUT2D eigenvalue weighted by Gasteiger charge is -2.00. The van der Waals surface area contributed by atoms with E-state index in [1.165, 1.54) is 0 Å². The molecule has 48 valence electrons. The normalized spacial score (nSPS) is 10.4. The van der Waals surface area contributed by atoms with Crippen molar-refractivity contribution in [1.29, 1.82) is 0 Å². The predicted octanol–water partition coefficient (Wildman–Crippen LogP) is 0.986. The zero-order chi connectivity index (χ0) is 6.41. The minimum absolute atomic E-state index is 0.943. The van der Waals surface area contributed by atoms with Crippen LogP contribution in [0.25, 0.3) is 0 Å². The molecule has 0 N–H and O–H groups in total. The van der Waals surface area contributed by atoms with E-state index in [1.807, 2.05) is 25.3 Å². The van der Waals surface area contributed by atoms with Crippen molar-refractivity contribution >= 4 is 6.34 Å². The molecule has 0 amide bonds. The summed E-state index contributed by atoms with van der Waals surface area (Å²) < 4.78 is 0. The van der Waals surface area contributed by atoms with Crippen LogP contribution in [0.5, 0.6) is 0 Å². The largest absolute Gasteiger partial charge is 0.369 e. The fourth-order valence-corrected chi connectivity index (χ4v) is 0.350. The van der Waals surface area contributed by atoms with Crippen molar-refractivity contribution in [2.75, 3.05) is 20.6 Å². The van der Waals surface area contributed by atoms with Gasteiger partial charge in [0, 0.05) is 20.6 Å². The van der Waals surface area contributed by atoms with Crippen molar-refractivity contribution in [3.63, 3.8) is 0 Å². The van der Waals surface area contributed by atoms with E-state index in [0.717, 1.165) is 13.0 Å². The molecule has 0 saturated heterocycles. The van der Waals surface area contributed by atoms with Gasteiger partial charge in [-0.1, -0.05) is 6.92 Å². The first kappa shape index (κ1) is 7.47. The van der Waals surface area contributed by atoms with Crippen LogP contribution in [0.15, 0.2) is 4.99 Å². The summed E-state index contributed by atoms with van der Waals surface area (Å²) in [6.45, 7) is 3.06. The topological polar surface area (TPSA) is 15.6 Å². The third kappa shape index (κ3) is 5.47. The minimum atomic E-state index is 0.943. The lowest BCUT2D eigenvalue weighted by Crippen LogP contribution is -2.07. The maximum Gasteiger partial charge on any atom is 0.0844 e. The van der Waals surface area contributed by atoms with Crippen molar-refractivity contribution in [2.24, 2.45) is 4.99 Å². The molecule has 8 heavy (non-hydrogen) atoms. The minimum Gasteiger partial charge on any atom is -0.369 e. The molecule has 0 aromatic carbocycles. The van der Waals surface area contributed by atoms with Gasteiger partial charge in [-0.3, -0.25) is 4.99 Å². The second-order valence-corrected chi connectivity index (χ2v) is 1.99. The maximum absolute atomic E-state index is 4.09. The lowest BCUT2D eigenvalue weighted by molar-refractivity contribution is 0.638. The maximum atomic E-state index is 4.09.